The van der Waals surface area contributed by atoms with Crippen LogP contribution in [0.1, 0.15) is 22.2 Å². The molecule has 1 aromatic carbocycles. The van der Waals surface area contributed by atoms with Crippen LogP contribution in [0.15, 0.2) is 35.7 Å². The third-order valence-corrected chi connectivity index (χ3v) is 4.21. The summed E-state index contributed by atoms with van der Waals surface area (Å²) in [6, 6.07) is 9.54. The standard InChI is InChI=1S/C16H21N3OS/c1-4-19(11-13-6-5-9-21-13)16(20)12-7-8-15(18(2)3)14(17)10-12/h5-10H,4,11,17H2,1-3H3. The molecule has 0 radical (unpaired) electrons. The van der Waals surface area contributed by atoms with Gasteiger partial charge in [-0.05, 0) is 36.6 Å². The van der Waals surface area contributed by atoms with E-state index < -0.39 is 0 Å². The van der Waals surface area contributed by atoms with E-state index in [0.717, 1.165) is 5.69 Å². The first-order valence-electron chi connectivity index (χ1n) is 6.91. The highest BCUT2D eigenvalue weighted by Crippen LogP contribution is 2.23. The van der Waals surface area contributed by atoms with Crippen LogP contribution in [0.4, 0.5) is 11.4 Å². The minimum atomic E-state index is 0.0166. The van der Waals surface area contributed by atoms with Gasteiger partial charge < -0.3 is 15.5 Å². The molecule has 0 unspecified atom stereocenters. The summed E-state index contributed by atoms with van der Waals surface area (Å²) in [5, 5.41) is 2.03. The number of nitrogens with zero attached hydrogens (tertiary/aromatic N) is 2. The fourth-order valence-electron chi connectivity index (χ4n) is 2.20. The van der Waals surface area contributed by atoms with Gasteiger partial charge in [-0.3, -0.25) is 4.79 Å². The monoisotopic (exact) mass is 303 g/mol. The average Bonchev–Trinajstić information content (AvgIpc) is 2.96. The second-order valence-corrected chi connectivity index (χ2v) is 6.10. The lowest BCUT2D eigenvalue weighted by atomic mass is 10.1. The van der Waals surface area contributed by atoms with Crippen LogP contribution in [-0.2, 0) is 6.54 Å². The minimum absolute atomic E-state index is 0.0166. The summed E-state index contributed by atoms with van der Waals surface area (Å²) >= 11 is 1.66. The Balaban J connectivity index is 2.19. The van der Waals surface area contributed by atoms with Crippen LogP contribution in [0, 0.1) is 0 Å². The Morgan fingerprint density at radius 2 is 2.05 bits per heavy atom. The quantitative estimate of drug-likeness (QED) is 0.864. The van der Waals surface area contributed by atoms with Gasteiger partial charge in [0.1, 0.15) is 0 Å². The molecule has 0 aliphatic carbocycles. The van der Waals surface area contributed by atoms with Crippen molar-refractivity contribution >= 4 is 28.6 Å². The molecule has 1 heterocycles. The molecule has 21 heavy (non-hydrogen) atoms. The Morgan fingerprint density at radius 3 is 2.57 bits per heavy atom. The summed E-state index contributed by atoms with van der Waals surface area (Å²) in [6.45, 7) is 3.30. The van der Waals surface area contributed by atoms with Gasteiger partial charge in [-0.1, -0.05) is 6.07 Å². The molecule has 0 bridgehead atoms. The van der Waals surface area contributed by atoms with Gasteiger partial charge in [-0.25, -0.2) is 0 Å². The van der Waals surface area contributed by atoms with Crippen molar-refractivity contribution in [2.45, 2.75) is 13.5 Å². The SMILES string of the molecule is CCN(Cc1cccs1)C(=O)c1ccc(N(C)C)c(N)c1. The molecule has 0 aliphatic rings. The van der Waals surface area contributed by atoms with E-state index in [1.165, 1.54) is 4.88 Å². The summed E-state index contributed by atoms with van der Waals surface area (Å²) in [7, 11) is 3.87. The van der Waals surface area contributed by atoms with Crippen molar-refractivity contribution in [3.63, 3.8) is 0 Å². The van der Waals surface area contributed by atoms with Crippen molar-refractivity contribution in [1.29, 1.82) is 0 Å². The third-order valence-electron chi connectivity index (χ3n) is 3.35. The molecule has 112 valence electrons. The molecule has 2 N–H and O–H groups in total. The highest BCUT2D eigenvalue weighted by Gasteiger charge is 2.16. The van der Waals surface area contributed by atoms with Crippen LogP contribution in [0.5, 0.6) is 0 Å². The van der Waals surface area contributed by atoms with Gasteiger partial charge in [-0.2, -0.15) is 0 Å². The molecular formula is C16H21N3OS. The lowest BCUT2D eigenvalue weighted by Gasteiger charge is -2.21. The highest BCUT2D eigenvalue weighted by atomic mass is 32.1. The molecule has 0 saturated carbocycles. The van der Waals surface area contributed by atoms with Crippen LogP contribution in [0.3, 0.4) is 0 Å². The number of anilines is 2. The zero-order valence-corrected chi connectivity index (χ0v) is 13.5. The zero-order valence-electron chi connectivity index (χ0n) is 12.7. The Kier molecular flexibility index (Phi) is 4.85. The number of hydrogen-bond acceptors (Lipinski definition) is 4. The van der Waals surface area contributed by atoms with Crippen molar-refractivity contribution in [2.24, 2.45) is 0 Å². The summed E-state index contributed by atoms with van der Waals surface area (Å²) in [5.41, 5.74) is 8.21. The Hall–Kier alpha value is -2.01. The maximum Gasteiger partial charge on any atom is 0.254 e. The molecule has 0 spiro atoms. The van der Waals surface area contributed by atoms with E-state index in [2.05, 4.69) is 0 Å². The van der Waals surface area contributed by atoms with E-state index in [0.29, 0.717) is 24.3 Å². The number of amides is 1. The first-order valence-corrected chi connectivity index (χ1v) is 7.79. The van der Waals surface area contributed by atoms with Gasteiger partial charge in [-0.15, -0.1) is 11.3 Å². The summed E-state index contributed by atoms with van der Waals surface area (Å²) in [5.74, 6) is 0.0166. The number of carbonyl (C=O) groups is 1. The summed E-state index contributed by atoms with van der Waals surface area (Å²) in [6.07, 6.45) is 0. The number of thiophene rings is 1. The van der Waals surface area contributed by atoms with Crippen molar-refractivity contribution in [1.82, 2.24) is 4.90 Å². The third kappa shape index (κ3) is 3.55. The van der Waals surface area contributed by atoms with Crippen LogP contribution < -0.4 is 10.6 Å². The largest absolute Gasteiger partial charge is 0.397 e. The van der Waals surface area contributed by atoms with Gasteiger partial charge in [0.05, 0.1) is 17.9 Å². The predicted octanol–water partition coefficient (Wildman–Crippen LogP) is 3.06. The summed E-state index contributed by atoms with van der Waals surface area (Å²) < 4.78 is 0. The smallest absolute Gasteiger partial charge is 0.254 e. The Labute approximate surface area is 129 Å². The molecule has 0 fully saturated rings. The minimum Gasteiger partial charge on any atom is -0.397 e. The molecule has 2 aromatic rings. The molecule has 1 aromatic heterocycles. The predicted molar refractivity (Wildman–Crippen MR) is 89.9 cm³/mol. The number of nitrogen functional groups attached to an aromatic ring is 1. The topological polar surface area (TPSA) is 49.6 Å². The molecule has 0 saturated heterocycles. The zero-order chi connectivity index (χ0) is 15.4. The van der Waals surface area contributed by atoms with Crippen LogP contribution >= 0.6 is 11.3 Å². The Bertz CT molecular complexity index is 608. The van der Waals surface area contributed by atoms with Gasteiger partial charge >= 0.3 is 0 Å². The molecular weight excluding hydrogens is 282 g/mol. The molecule has 1 amide bonds. The highest BCUT2D eigenvalue weighted by molar-refractivity contribution is 7.09. The second-order valence-electron chi connectivity index (χ2n) is 5.07. The second kappa shape index (κ2) is 6.63. The van der Waals surface area contributed by atoms with Crippen LogP contribution in [-0.4, -0.2) is 31.4 Å². The molecule has 4 nitrogen and oxygen atoms in total. The van der Waals surface area contributed by atoms with Gasteiger partial charge in [0.15, 0.2) is 0 Å². The fourth-order valence-corrected chi connectivity index (χ4v) is 2.91. The van der Waals surface area contributed by atoms with E-state index in [-0.39, 0.29) is 5.91 Å². The first kappa shape index (κ1) is 15.4. The molecule has 5 heteroatoms. The number of nitrogens with two attached hydrogens (primary N) is 1. The normalized spacial score (nSPS) is 10.4. The van der Waals surface area contributed by atoms with Gasteiger partial charge in [0.2, 0.25) is 0 Å². The van der Waals surface area contributed by atoms with E-state index in [4.69, 9.17) is 5.73 Å². The number of benzene rings is 1. The van der Waals surface area contributed by atoms with E-state index in [1.54, 1.807) is 17.4 Å². The van der Waals surface area contributed by atoms with Crippen LogP contribution in [0.25, 0.3) is 0 Å². The van der Waals surface area contributed by atoms with E-state index in [9.17, 15) is 4.79 Å². The number of hydrogen-bond donors (Lipinski definition) is 1. The average molecular weight is 303 g/mol. The van der Waals surface area contributed by atoms with Crippen LogP contribution in [0.2, 0.25) is 0 Å². The first-order chi connectivity index (χ1) is 10.0. The number of rotatable bonds is 5. The Morgan fingerprint density at radius 1 is 1.29 bits per heavy atom. The molecule has 0 atom stereocenters. The van der Waals surface area contributed by atoms with Gasteiger partial charge in [0, 0.05) is 31.1 Å². The molecule has 2 rings (SSSR count). The van der Waals surface area contributed by atoms with Crippen molar-refractivity contribution in [3.05, 3.63) is 46.2 Å². The van der Waals surface area contributed by atoms with Gasteiger partial charge in [0.25, 0.3) is 5.91 Å². The van der Waals surface area contributed by atoms with Crippen molar-refractivity contribution in [2.75, 3.05) is 31.3 Å². The lowest BCUT2D eigenvalue weighted by Crippen LogP contribution is -2.30. The van der Waals surface area contributed by atoms with E-state index in [1.807, 2.05) is 60.5 Å². The maximum absolute atomic E-state index is 12.6. The maximum atomic E-state index is 12.6. The fraction of sp³-hybridized carbons (Fsp3) is 0.312. The summed E-state index contributed by atoms with van der Waals surface area (Å²) in [4.78, 5) is 17.5. The lowest BCUT2D eigenvalue weighted by molar-refractivity contribution is 0.0754. The van der Waals surface area contributed by atoms with E-state index >= 15 is 0 Å². The van der Waals surface area contributed by atoms with Crippen molar-refractivity contribution < 1.29 is 4.79 Å². The molecule has 0 aliphatic heterocycles. The number of carbonyl (C=O) groups excluding carboxylic acids is 1. The van der Waals surface area contributed by atoms with Crippen molar-refractivity contribution in [3.8, 4) is 0 Å².